The molecule has 1 aromatic carbocycles. The zero-order chi connectivity index (χ0) is 18.2. The fraction of sp³-hybridized carbons (Fsp3) is 0.316. The Labute approximate surface area is 181 Å². The summed E-state index contributed by atoms with van der Waals surface area (Å²) in [6.07, 6.45) is 2.55. The number of thiophene rings is 1. The van der Waals surface area contributed by atoms with E-state index in [4.69, 9.17) is 4.99 Å². The molecule has 0 radical (unpaired) electrons. The zero-order valence-corrected chi connectivity index (χ0v) is 18.7. The third-order valence-electron chi connectivity index (χ3n) is 4.00. The van der Waals surface area contributed by atoms with E-state index >= 15 is 0 Å². The van der Waals surface area contributed by atoms with Gasteiger partial charge in [-0.3, -0.25) is 5.10 Å². The van der Waals surface area contributed by atoms with Gasteiger partial charge in [-0.25, -0.2) is 9.98 Å². The molecule has 0 fully saturated rings. The largest absolute Gasteiger partial charge is 0.357 e. The van der Waals surface area contributed by atoms with E-state index in [1.807, 2.05) is 12.1 Å². The summed E-state index contributed by atoms with van der Waals surface area (Å²) in [5.74, 6) is 1.70. The number of halogens is 1. The third kappa shape index (κ3) is 6.31. The molecule has 2 aromatic heterocycles. The van der Waals surface area contributed by atoms with Crippen molar-refractivity contribution in [3.8, 4) is 11.4 Å². The summed E-state index contributed by atoms with van der Waals surface area (Å²) in [6.45, 7) is 4.49. The second-order valence-electron chi connectivity index (χ2n) is 5.96. The molecule has 0 aliphatic heterocycles. The first-order valence-electron chi connectivity index (χ1n) is 8.72. The Balaban J connectivity index is 0.00000261. The predicted molar refractivity (Wildman–Crippen MR) is 123 cm³/mol. The minimum Gasteiger partial charge on any atom is -0.357 e. The number of aromatic nitrogens is 3. The van der Waals surface area contributed by atoms with Crippen LogP contribution in [0.2, 0.25) is 0 Å². The highest BCUT2D eigenvalue weighted by molar-refractivity contribution is 14.0. The van der Waals surface area contributed by atoms with Gasteiger partial charge in [0, 0.05) is 30.6 Å². The molecule has 0 atom stereocenters. The smallest absolute Gasteiger partial charge is 0.193 e. The van der Waals surface area contributed by atoms with Crippen molar-refractivity contribution < 1.29 is 0 Å². The van der Waals surface area contributed by atoms with Crippen molar-refractivity contribution >= 4 is 41.3 Å². The average molecular weight is 496 g/mol. The summed E-state index contributed by atoms with van der Waals surface area (Å²) in [5, 5.41) is 12.3. The number of rotatable bonds is 7. The number of guanidine groups is 1. The first-order chi connectivity index (χ1) is 12.8. The number of hydrogen-bond donors (Lipinski definition) is 2. The van der Waals surface area contributed by atoms with Crippen LogP contribution in [0.3, 0.4) is 0 Å². The van der Waals surface area contributed by atoms with Gasteiger partial charge in [0.05, 0.1) is 6.54 Å². The van der Waals surface area contributed by atoms with E-state index in [9.17, 15) is 0 Å². The molecule has 0 aliphatic rings. The summed E-state index contributed by atoms with van der Waals surface area (Å²) < 4.78 is 0. The van der Waals surface area contributed by atoms with Gasteiger partial charge in [-0.15, -0.1) is 35.3 Å². The van der Waals surface area contributed by atoms with Crippen LogP contribution in [0.25, 0.3) is 11.4 Å². The number of likely N-dealkylation sites (N-methyl/N-ethyl adjacent to an activating group) is 1. The molecule has 3 rings (SSSR count). The molecule has 6 nitrogen and oxygen atoms in total. The molecule has 2 heterocycles. The minimum absolute atomic E-state index is 0. The third-order valence-corrected chi connectivity index (χ3v) is 4.93. The van der Waals surface area contributed by atoms with Gasteiger partial charge < -0.3 is 10.2 Å². The molecular formula is C19H25IN6S. The fourth-order valence-corrected chi connectivity index (χ4v) is 3.33. The van der Waals surface area contributed by atoms with Gasteiger partial charge in [-0.1, -0.05) is 24.3 Å². The summed E-state index contributed by atoms with van der Waals surface area (Å²) in [5.41, 5.74) is 2.16. The molecule has 8 heteroatoms. The monoisotopic (exact) mass is 496 g/mol. The first-order valence-corrected chi connectivity index (χ1v) is 9.60. The van der Waals surface area contributed by atoms with Crippen molar-refractivity contribution in [1.29, 1.82) is 0 Å². The van der Waals surface area contributed by atoms with E-state index in [0.717, 1.165) is 42.4 Å². The Hall–Kier alpha value is -1.94. The van der Waals surface area contributed by atoms with Gasteiger partial charge in [-0.05, 0) is 36.4 Å². The highest BCUT2D eigenvalue weighted by Crippen LogP contribution is 2.16. The number of nitrogens with one attached hydrogen (secondary N) is 2. The van der Waals surface area contributed by atoms with Gasteiger partial charge in [0.25, 0.3) is 0 Å². The average Bonchev–Trinajstić information content (AvgIpc) is 3.37. The number of aromatic amines is 1. The van der Waals surface area contributed by atoms with E-state index < -0.39 is 0 Å². The van der Waals surface area contributed by atoms with Crippen molar-refractivity contribution in [2.45, 2.75) is 19.9 Å². The van der Waals surface area contributed by atoms with E-state index in [1.165, 1.54) is 11.2 Å². The summed E-state index contributed by atoms with van der Waals surface area (Å²) >= 11 is 1.80. The van der Waals surface area contributed by atoms with Gasteiger partial charge >= 0.3 is 0 Å². The van der Waals surface area contributed by atoms with Crippen LogP contribution in [0, 0.1) is 0 Å². The van der Waals surface area contributed by atoms with Gasteiger partial charge in [-0.2, -0.15) is 5.10 Å². The van der Waals surface area contributed by atoms with E-state index in [-0.39, 0.29) is 24.0 Å². The molecule has 0 saturated carbocycles. The van der Waals surface area contributed by atoms with E-state index in [2.05, 4.69) is 69.0 Å². The molecule has 0 aliphatic carbocycles. The molecule has 0 saturated heterocycles. The lowest BCUT2D eigenvalue weighted by Crippen LogP contribution is -2.39. The van der Waals surface area contributed by atoms with Crippen LogP contribution in [0.15, 0.2) is 53.1 Å². The number of nitrogens with zero attached hydrogens (tertiary/aromatic N) is 4. The maximum absolute atomic E-state index is 4.79. The lowest BCUT2D eigenvalue weighted by Gasteiger charge is -2.21. The van der Waals surface area contributed by atoms with Crippen LogP contribution in [-0.4, -0.2) is 46.2 Å². The van der Waals surface area contributed by atoms with Crippen molar-refractivity contribution in [1.82, 2.24) is 25.4 Å². The molecule has 27 heavy (non-hydrogen) atoms. The van der Waals surface area contributed by atoms with Crippen molar-refractivity contribution in [2.24, 2.45) is 4.99 Å². The predicted octanol–water partition coefficient (Wildman–Crippen LogP) is 3.79. The molecule has 0 unspecified atom stereocenters. The first kappa shape index (κ1) is 21.4. The second kappa shape index (κ2) is 11.0. The quantitative estimate of drug-likeness (QED) is 0.297. The van der Waals surface area contributed by atoms with E-state index in [1.54, 1.807) is 11.3 Å². The summed E-state index contributed by atoms with van der Waals surface area (Å²) in [6, 6.07) is 12.5. The normalized spacial score (nSPS) is 11.1. The highest BCUT2D eigenvalue weighted by Gasteiger charge is 2.07. The lowest BCUT2D eigenvalue weighted by atomic mass is 10.1. The van der Waals surface area contributed by atoms with Crippen LogP contribution >= 0.6 is 35.3 Å². The van der Waals surface area contributed by atoms with Crippen LogP contribution in [0.4, 0.5) is 0 Å². The van der Waals surface area contributed by atoms with Crippen molar-refractivity contribution in [3.05, 3.63) is 58.5 Å². The van der Waals surface area contributed by atoms with Crippen LogP contribution in [-0.2, 0) is 13.0 Å². The highest BCUT2D eigenvalue weighted by atomic mass is 127. The molecule has 0 bridgehead atoms. The molecule has 2 N–H and O–H groups in total. The van der Waals surface area contributed by atoms with Crippen LogP contribution < -0.4 is 5.32 Å². The Morgan fingerprint density at radius 2 is 2.19 bits per heavy atom. The maximum atomic E-state index is 4.79. The Morgan fingerprint density at radius 1 is 1.30 bits per heavy atom. The van der Waals surface area contributed by atoms with E-state index in [0.29, 0.717) is 6.54 Å². The van der Waals surface area contributed by atoms with Crippen molar-refractivity contribution in [3.63, 3.8) is 0 Å². The molecular weight excluding hydrogens is 471 g/mol. The Kier molecular flexibility index (Phi) is 8.73. The van der Waals surface area contributed by atoms with Gasteiger partial charge in [0.1, 0.15) is 6.33 Å². The molecule has 0 spiro atoms. The SMILES string of the molecule is CCNC(=NCc1cccc(-c2ncn[nH]2)c1)N(C)CCc1cccs1.I. The molecule has 0 amide bonds. The van der Waals surface area contributed by atoms with Crippen molar-refractivity contribution in [2.75, 3.05) is 20.1 Å². The minimum atomic E-state index is 0. The Morgan fingerprint density at radius 3 is 2.89 bits per heavy atom. The maximum Gasteiger partial charge on any atom is 0.193 e. The fourth-order valence-electron chi connectivity index (χ4n) is 2.64. The summed E-state index contributed by atoms with van der Waals surface area (Å²) in [7, 11) is 2.08. The number of hydrogen-bond acceptors (Lipinski definition) is 4. The zero-order valence-electron chi connectivity index (χ0n) is 15.6. The Bertz CT molecular complexity index is 817. The second-order valence-corrected chi connectivity index (χ2v) is 6.99. The molecule has 144 valence electrons. The standard InChI is InChI=1S/C19H24N6S.HI/c1-3-20-19(25(2)10-9-17-8-5-11-26-17)21-13-15-6-4-7-16(12-15)18-22-14-23-24-18;/h4-8,11-12,14H,3,9-10,13H2,1-2H3,(H,20,21)(H,22,23,24);1H. The summed E-state index contributed by atoms with van der Waals surface area (Å²) in [4.78, 5) is 12.6. The van der Waals surface area contributed by atoms with Crippen LogP contribution in [0.5, 0.6) is 0 Å². The van der Waals surface area contributed by atoms with Gasteiger partial charge in [0.15, 0.2) is 11.8 Å². The number of aliphatic imine (C=N–C) groups is 1. The van der Waals surface area contributed by atoms with Crippen LogP contribution in [0.1, 0.15) is 17.4 Å². The number of H-pyrrole nitrogens is 1. The number of benzene rings is 1. The van der Waals surface area contributed by atoms with Gasteiger partial charge in [0.2, 0.25) is 0 Å². The molecule has 3 aromatic rings. The lowest BCUT2D eigenvalue weighted by molar-refractivity contribution is 0.486. The topological polar surface area (TPSA) is 69.2 Å².